The predicted molar refractivity (Wildman–Crippen MR) is 146 cm³/mol. The summed E-state index contributed by atoms with van der Waals surface area (Å²) in [5, 5.41) is 9.20. The van der Waals surface area contributed by atoms with Gasteiger partial charge in [0.2, 0.25) is 0 Å². The molecule has 2 aliphatic rings. The number of nitrogens with zero attached hydrogens (tertiary/aromatic N) is 4. The second-order valence-electron chi connectivity index (χ2n) is 10.7. The second-order valence-corrected chi connectivity index (χ2v) is 10.7. The summed E-state index contributed by atoms with van der Waals surface area (Å²) in [6.45, 7) is 6.23. The molecule has 37 heavy (non-hydrogen) atoms. The summed E-state index contributed by atoms with van der Waals surface area (Å²) in [5.74, 6) is 1.03. The Balaban J connectivity index is 1.53. The molecule has 0 unspecified atom stereocenters. The van der Waals surface area contributed by atoms with Gasteiger partial charge in [-0.05, 0) is 79.3 Å². The fourth-order valence-electron chi connectivity index (χ4n) is 5.67. The van der Waals surface area contributed by atoms with Gasteiger partial charge in [-0.2, -0.15) is 5.26 Å². The van der Waals surface area contributed by atoms with Crippen LogP contribution >= 0.6 is 0 Å². The molecule has 1 aliphatic heterocycles. The molecular weight excluding hydrogens is 463 g/mol. The molecule has 0 spiro atoms. The van der Waals surface area contributed by atoms with Gasteiger partial charge in [0.15, 0.2) is 0 Å². The summed E-state index contributed by atoms with van der Waals surface area (Å²) in [6, 6.07) is 16.0. The predicted octanol–water partition coefficient (Wildman–Crippen LogP) is 6.97. The highest BCUT2D eigenvalue weighted by Crippen LogP contribution is 2.41. The number of unbranched alkanes of at least 4 members (excludes halogenated alkanes) is 1. The van der Waals surface area contributed by atoms with Crippen LogP contribution in [0.15, 0.2) is 53.3 Å². The molecule has 2 fully saturated rings. The van der Waals surface area contributed by atoms with Gasteiger partial charge in [0.1, 0.15) is 23.5 Å². The van der Waals surface area contributed by atoms with Crippen molar-refractivity contribution in [1.29, 1.82) is 5.26 Å². The lowest BCUT2D eigenvalue weighted by atomic mass is 9.72. The number of nitriles is 1. The molecule has 0 N–H and O–H groups in total. The second kappa shape index (κ2) is 10.5. The van der Waals surface area contributed by atoms with Crippen LogP contribution in [-0.4, -0.2) is 22.6 Å². The zero-order chi connectivity index (χ0) is 26.0. The van der Waals surface area contributed by atoms with Crippen molar-refractivity contribution < 1.29 is 4.39 Å². The third kappa shape index (κ3) is 5.18. The summed E-state index contributed by atoms with van der Waals surface area (Å²) in [7, 11) is 0. The summed E-state index contributed by atoms with van der Waals surface area (Å²) in [4.78, 5) is 20.7. The number of piperidine rings is 1. The molecular formula is C31H35FN4O. The fourth-order valence-corrected chi connectivity index (χ4v) is 5.67. The van der Waals surface area contributed by atoms with E-state index in [9.17, 15) is 14.4 Å². The van der Waals surface area contributed by atoms with E-state index in [1.165, 1.54) is 56.2 Å². The Morgan fingerprint density at radius 2 is 1.81 bits per heavy atom. The van der Waals surface area contributed by atoms with Crippen LogP contribution in [0.3, 0.4) is 0 Å². The first-order valence-corrected chi connectivity index (χ1v) is 13.7. The number of hydrogen-bond donors (Lipinski definition) is 0. The van der Waals surface area contributed by atoms with Crippen LogP contribution in [0.2, 0.25) is 0 Å². The van der Waals surface area contributed by atoms with Gasteiger partial charge in [-0.1, -0.05) is 45.2 Å². The van der Waals surface area contributed by atoms with E-state index >= 15 is 0 Å². The number of rotatable bonds is 8. The van der Waals surface area contributed by atoms with Gasteiger partial charge in [0.25, 0.3) is 5.56 Å². The van der Waals surface area contributed by atoms with Crippen molar-refractivity contribution in [3.05, 3.63) is 75.8 Å². The molecule has 0 atom stereocenters. The van der Waals surface area contributed by atoms with Gasteiger partial charge in [-0.3, -0.25) is 9.36 Å². The SMILES string of the molecule is CCCCC1(CC)CCN(c2cc(=O)n(-c3ccc(C4CC4)cc3)c(-c3ccc(C#N)c(F)c3)n2)CC1. The van der Waals surface area contributed by atoms with Crippen LogP contribution in [0.1, 0.15) is 82.3 Å². The normalized spacial score (nSPS) is 17.0. The first-order valence-electron chi connectivity index (χ1n) is 13.7. The van der Waals surface area contributed by atoms with E-state index in [1.54, 1.807) is 16.7 Å². The molecule has 1 aliphatic carbocycles. The monoisotopic (exact) mass is 498 g/mol. The van der Waals surface area contributed by atoms with Crippen molar-refractivity contribution in [3.8, 4) is 23.1 Å². The average Bonchev–Trinajstić information content (AvgIpc) is 3.78. The summed E-state index contributed by atoms with van der Waals surface area (Å²) >= 11 is 0. The number of hydrogen-bond acceptors (Lipinski definition) is 4. The standard InChI is InChI=1S/C31H35FN4O/c1-3-5-14-31(4-2)15-17-35(18-16-31)28-20-29(37)36(26-12-10-23(11-13-26)22-6-7-22)30(34-28)24-8-9-25(21-33)27(32)19-24/h8-13,19-20,22H,3-7,14-18H2,1-2H3. The van der Waals surface area contributed by atoms with Gasteiger partial charge in [0, 0.05) is 24.7 Å². The minimum Gasteiger partial charge on any atom is -0.356 e. The Labute approximate surface area is 218 Å². The Bertz CT molecular complexity index is 1360. The molecule has 5 nitrogen and oxygen atoms in total. The zero-order valence-electron chi connectivity index (χ0n) is 21.8. The molecule has 6 heteroatoms. The first-order chi connectivity index (χ1) is 18.0. The van der Waals surface area contributed by atoms with Crippen molar-refractivity contribution in [2.75, 3.05) is 18.0 Å². The first kappa shape index (κ1) is 25.2. The quantitative estimate of drug-likeness (QED) is 0.336. The molecule has 2 aromatic carbocycles. The molecule has 1 aromatic heterocycles. The average molecular weight is 499 g/mol. The molecule has 0 radical (unpaired) electrons. The highest BCUT2D eigenvalue weighted by atomic mass is 19.1. The third-order valence-electron chi connectivity index (χ3n) is 8.41. The number of halogens is 1. The van der Waals surface area contributed by atoms with E-state index in [-0.39, 0.29) is 11.1 Å². The lowest BCUT2D eigenvalue weighted by molar-refractivity contribution is 0.185. The summed E-state index contributed by atoms with van der Waals surface area (Å²) in [6.07, 6.45) is 9.44. The van der Waals surface area contributed by atoms with Crippen molar-refractivity contribution in [1.82, 2.24) is 9.55 Å². The molecule has 1 saturated heterocycles. The molecule has 5 rings (SSSR count). The van der Waals surface area contributed by atoms with Gasteiger partial charge >= 0.3 is 0 Å². The zero-order valence-corrected chi connectivity index (χ0v) is 21.8. The molecule has 0 bridgehead atoms. The Hall–Kier alpha value is -3.46. The van der Waals surface area contributed by atoms with Crippen LogP contribution in [0, 0.1) is 22.6 Å². The van der Waals surface area contributed by atoms with E-state index in [0.29, 0.717) is 34.2 Å². The van der Waals surface area contributed by atoms with Gasteiger partial charge in [-0.25, -0.2) is 9.37 Å². The van der Waals surface area contributed by atoms with E-state index in [4.69, 9.17) is 4.98 Å². The van der Waals surface area contributed by atoms with Crippen LogP contribution in [0.4, 0.5) is 10.2 Å². The van der Waals surface area contributed by atoms with Crippen molar-refractivity contribution in [2.24, 2.45) is 5.41 Å². The lowest BCUT2D eigenvalue weighted by Crippen LogP contribution is -2.41. The van der Waals surface area contributed by atoms with Gasteiger partial charge in [0.05, 0.1) is 11.3 Å². The molecule has 0 amide bonds. The molecule has 3 aromatic rings. The third-order valence-corrected chi connectivity index (χ3v) is 8.41. The van der Waals surface area contributed by atoms with Crippen LogP contribution in [0.25, 0.3) is 17.1 Å². The van der Waals surface area contributed by atoms with E-state index in [1.807, 2.05) is 18.2 Å². The Kier molecular flexibility index (Phi) is 7.15. The highest BCUT2D eigenvalue weighted by Gasteiger charge is 2.33. The van der Waals surface area contributed by atoms with Crippen molar-refractivity contribution in [3.63, 3.8) is 0 Å². The Morgan fingerprint density at radius 1 is 1.08 bits per heavy atom. The summed E-state index contributed by atoms with van der Waals surface area (Å²) in [5.41, 5.74) is 2.61. The van der Waals surface area contributed by atoms with Crippen LogP contribution in [0.5, 0.6) is 0 Å². The van der Waals surface area contributed by atoms with Gasteiger partial charge < -0.3 is 4.90 Å². The number of aromatic nitrogens is 2. The molecule has 1 saturated carbocycles. The Morgan fingerprint density at radius 3 is 2.41 bits per heavy atom. The van der Waals surface area contributed by atoms with Crippen LogP contribution < -0.4 is 10.5 Å². The maximum absolute atomic E-state index is 14.7. The molecule has 2 heterocycles. The van der Waals surface area contributed by atoms with Crippen molar-refractivity contribution in [2.45, 2.75) is 71.1 Å². The van der Waals surface area contributed by atoms with Gasteiger partial charge in [-0.15, -0.1) is 0 Å². The van der Waals surface area contributed by atoms with E-state index in [2.05, 4.69) is 30.9 Å². The maximum Gasteiger partial charge on any atom is 0.260 e. The van der Waals surface area contributed by atoms with Crippen molar-refractivity contribution >= 4 is 5.82 Å². The topological polar surface area (TPSA) is 61.9 Å². The minimum absolute atomic E-state index is 0.0263. The number of benzene rings is 2. The van der Waals surface area contributed by atoms with Crippen LogP contribution in [-0.2, 0) is 0 Å². The van der Waals surface area contributed by atoms with E-state index in [0.717, 1.165) is 25.9 Å². The van der Waals surface area contributed by atoms with E-state index < -0.39 is 5.82 Å². The molecule has 192 valence electrons. The fraction of sp³-hybridized carbons (Fsp3) is 0.452. The number of anilines is 1. The maximum atomic E-state index is 14.7. The summed E-state index contributed by atoms with van der Waals surface area (Å²) < 4.78 is 16.2. The minimum atomic E-state index is -0.614. The highest BCUT2D eigenvalue weighted by molar-refractivity contribution is 5.62. The lowest BCUT2D eigenvalue weighted by Gasteiger charge is -2.42. The smallest absolute Gasteiger partial charge is 0.260 e. The largest absolute Gasteiger partial charge is 0.356 e.